The van der Waals surface area contributed by atoms with Crippen molar-refractivity contribution < 1.29 is 14.3 Å². The molecular formula is C22H20N4O4. The lowest BCUT2D eigenvalue weighted by Crippen LogP contribution is -2.26. The van der Waals surface area contributed by atoms with Gasteiger partial charge in [-0.1, -0.05) is 18.2 Å². The maximum Gasteiger partial charge on any atom is 0.347 e. The fraction of sp³-hybridized carbons (Fsp3) is 0.182. The van der Waals surface area contributed by atoms with Gasteiger partial charge in [0.2, 0.25) is 0 Å². The predicted octanol–water partition coefficient (Wildman–Crippen LogP) is 3.11. The van der Waals surface area contributed by atoms with Crippen LogP contribution in [0.15, 0.2) is 65.6 Å². The molecule has 0 amide bonds. The average molecular weight is 404 g/mol. The van der Waals surface area contributed by atoms with Crippen LogP contribution in [-0.2, 0) is 9.53 Å². The second kappa shape index (κ2) is 8.20. The molecule has 0 fully saturated rings. The standard InChI is InChI=1S/C22H20N4O4/c1-3-29-22(28)14(2)30-17-11-9-15(10-12-17)19-24-20-18(21(27)25-19)13-23-26(20)16-7-5-4-6-8-16/h4-14H,3H2,1-2H3,(H,24,25,27). The minimum Gasteiger partial charge on any atom is -0.479 e. The second-order valence-electron chi connectivity index (χ2n) is 6.58. The van der Waals surface area contributed by atoms with E-state index in [9.17, 15) is 9.59 Å². The summed E-state index contributed by atoms with van der Waals surface area (Å²) in [4.78, 5) is 31.7. The number of aromatic nitrogens is 4. The molecule has 152 valence electrons. The fourth-order valence-corrected chi connectivity index (χ4v) is 3.02. The first kappa shape index (κ1) is 19.4. The number of ether oxygens (including phenoxy) is 2. The number of hydrogen-bond donors (Lipinski definition) is 1. The van der Waals surface area contributed by atoms with Gasteiger partial charge >= 0.3 is 5.97 Å². The molecule has 0 radical (unpaired) electrons. The molecule has 0 aliphatic carbocycles. The summed E-state index contributed by atoms with van der Waals surface area (Å²) in [7, 11) is 0. The number of nitrogens with one attached hydrogen (secondary N) is 1. The number of para-hydroxylation sites is 1. The van der Waals surface area contributed by atoms with Crippen LogP contribution in [0.3, 0.4) is 0 Å². The molecule has 0 aliphatic rings. The minimum absolute atomic E-state index is 0.270. The SMILES string of the molecule is CCOC(=O)C(C)Oc1ccc(-c2nc3c(cnn3-c3ccccc3)c(=O)[nH]2)cc1. The van der Waals surface area contributed by atoms with Crippen molar-refractivity contribution in [3.05, 3.63) is 71.1 Å². The van der Waals surface area contributed by atoms with Crippen molar-refractivity contribution in [1.82, 2.24) is 19.7 Å². The highest BCUT2D eigenvalue weighted by atomic mass is 16.6. The number of nitrogens with zero attached hydrogens (tertiary/aromatic N) is 3. The molecule has 4 rings (SSSR count). The van der Waals surface area contributed by atoms with Gasteiger partial charge in [0.05, 0.1) is 18.5 Å². The van der Waals surface area contributed by atoms with Crippen molar-refractivity contribution in [1.29, 1.82) is 0 Å². The van der Waals surface area contributed by atoms with E-state index >= 15 is 0 Å². The highest BCUT2D eigenvalue weighted by molar-refractivity contribution is 5.77. The van der Waals surface area contributed by atoms with Gasteiger partial charge in [-0.15, -0.1) is 0 Å². The van der Waals surface area contributed by atoms with Gasteiger partial charge in [0.25, 0.3) is 5.56 Å². The zero-order valence-electron chi connectivity index (χ0n) is 16.5. The zero-order valence-corrected chi connectivity index (χ0v) is 16.5. The van der Waals surface area contributed by atoms with Crippen molar-refractivity contribution in [2.45, 2.75) is 20.0 Å². The first-order chi connectivity index (χ1) is 14.6. The summed E-state index contributed by atoms with van der Waals surface area (Å²) in [5, 5.41) is 4.72. The molecule has 2 heterocycles. The molecule has 0 bridgehead atoms. The maximum absolute atomic E-state index is 12.5. The predicted molar refractivity (Wildman–Crippen MR) is 112 cm³/mol. The van der Waals surface area contributed by atoms with Crippen LogP contribution >= 0.6 is 0 Å². The molecule has 2 aromatic carbocycles. The molecule has 4 aromatic rings. The van der Waals surface area contributed by atoms with E-state index in [4.69, 9.17) is 9.47 Å². The van der Waals surface area contributed by atoms with Crippen LogP contribution in [0, 0.1) is 0 Å². The highest BCUT2D eigenvalue weighted by Crippen LogP contribution is 2.22. The Hall–Kier alpha value is -3.94. The Labute approximate surface area is 172 Å². The Kier molecular flexibility index (Phi) is 5.30. The summed E-state index contributed by atoms with van der Waals surface area (Å²) in [6, 6.07) is 16.4. The van der Waals surface area contributed by atoms with Crippen molar-refractivity contribution in [2.24, 2.45) is 0 Å². The van der Waals surface area contributed by atoms with Crippen LogP contribution in [-0.4, -0.2) is 38.4 Å². The topological polar surface area (TPSA) is 99.1 Å². The van der Waals surface area contributed by atoms with Gasteiger partial charge in [0, 0.05) is 5.56 Å². The lowest BCUT2D eigenvalue weighted by Gasteiger charge is -2.13. The Balaban J connectivity index is 1.65. The fourth-order valence-electron chi connectivity index (χ4n) is 3.02. The van der Waals surface area contributed by atoms with Gasteiger partial charge in [0.15, 0.2) is 11.8 Å². The van der Waals surface area contributed by atoms with Crippen LogP contribution in [0.2, 0.25) is 0 Å². The normalized spacial score (nSPS) is 11.9. The number of rotatable bonds is 6. The quantitative estimate of drug-likeness (QED) is 0.496. The number of fused-ring (bicyclic) bond motifs is 1. The average Bonchev–Trinajstić information content (AvgIpc) is 3.20. The van der Waals surface area contributed by atoms with E-state index in [1.54, 1.807) is 42.8 Å². The molecular weight excluding hydrogens is 384 g/mol. The highest BCUT2D eigenvalue weighted by Gasteiger charge is 2.16. The van der Waals surface area contributed by atoms with E-state index in [0.717, 1.165) is 5.69 Å². The van der Waals surface area contributed by atoms with Crippen LogP contribution < -0.4 is 10.3 Å². The third-order valence-electron chi connectivity index (χ3n) is 4.50. The van der Waals surface area contributed by atoms with Crippen molar-refractivity contribution in [2.75, 3.05) is 6.61 Å². The van der Waals surface area contributed by atoms with Gasteiger partial charge in [-0.2, -0.15) is 5.10 Å². The number of benzene rings is 2. The third kappa shape index (κ3) is 3.80. The monoisotopic (exact) mass is 404 g/mol. The smallest absolute Gasteiger partial charge is 0.347 e. The lowest BCUT2D eigenvalue weighted by molar-refractivity contribution is -0.150. The van der Waals surface area contributed by atoms with Gasteiger partial charge < -0.3 is 14.5 Å². The number of carbonyl (C=O) groups excluding carboxylic acids is 1. The molecule has 0 spiro atoms. The Morgan fingerprint density at radius 2 is 1.87 bits per heavy atom. The van der Waals surface area contributed by atoms with E-state index in [2.05, 4.69) is 15.1 Å². The molecule has 8 heteroatoms. The van der Waals surface area contributed by atoms with E-state index in [0.29, 0.717) is 34.8 Å². The summed E-state index contributed by atoms with van der Waals surface area (Å²) >= 11 is 0. The largest absolute Gasteiger partial charge is 0.479 e. The van der Waals surface area contributed by atoms with E-state index in [1.165, 1.54) is 6.20 Å². The van der Waals surface area contributed by atoms with Gasteiger partial charge in [0.1, 0.15) is 17.0 Å². The van der Waals surface area contributed by atoms with Crippen LogP contribution in [0.1, 0.15) is 13.8 Å². The Morgan fingerprint density at radius 3 is 2.57 bits per heavy atom. The van der Waals surface area contributed by atoms with Crippen LogP contribution in [0.5, 0.6) is 5.75 Å². The Morgan fingerprint density at radius 1 is 1.13 bits per heavy atom. The van der Waals surface area contributed by atoms with Crippen molar-refractivity contribution in [3.63, 3.8) is 0 Å². The van der Waals surface area contributed by atoms with Gasteiger partial charge in [-0.3, -0.25) is 4.79 Å². The number of esters is 1. The third-order valence-corrected chi connectivity index (χ3v) is 4.50. The number of aromatic amines is 1. The first-order valence-corrected chi connectivity index (χ1v) is 9.54. The molecule has 30 heavy (non-hydrogen) atoms. The summed E-state index contributed by atoms with van der Waals surface area (Å²) in [6.45, 7) is 3.67. The number of H-pyrrole nitrogens is 1. The summed E-state index contributed by atoms with van der Waals surface area (Å²) in [5.41, 5.74) is 1.71. The molecule has 1 atom stereocenters. The van der Waals surface area contributed by atoms with Crippen LogP contribution in [0.25, 0.3) is 28.1 Å². The molecule has 2 aromatic heterocycles. The van der Waals surface area contributed by atoms with Crippen molar-refractivity contribution in [3.8, 4) is 22.8 Å². The molecule has 1 unspecified atom stereocenters. The molecule has 1 N–H and O–H groups in total. The molecule has 0 aliphatic heterocycles. The van der Waals surface area contributed by atoms with Gasteiger partial charge in [-0.25, -0.2) is 14.5 Å². The molecule has 8 nitrogen and oxygen atoms in total. The first-order valence-electron chi connectivity index (χ1n) is 9.54. The second-order valence-corrected chi connectivity index (χ2v) is 6.58. The summed E-state index contributed by atoms with van der Waals surface area (Å²) < 4.78 is 12.2. The minimum atomic E-state index is -0.717. The summed E-state index contributed by atoms with van der Waals surface area (Å²) in [6.07, 6.45) is 0.788. The van der Waals surface area contributed by atoms with Crippen LogP contribution in [0.4, 0.5) is 0 Å². The van der Waals surface area contributed by atoms with E-state index < -0.39 is 12.1 Å². The lowest BCUT2D eigenvalue weighted by atomic mass is 10.2. The zero-order chi connectivity index (χ0) is 21.1. The Bertz CT molecular complexity index is 1230. The number of hydrogen-bond acceptors (Lipinski definition) is 6. The van der Waals surface area contributed by atoms with Crippen molar-refractivity contribution >= 4 is 17.0 Å². The maximum atomic E-state index is 12.5. The summed E-state index contributed by atoms with van der Waals surface area (Å²) in [5.74, 6) is 0.499. The molecule has 0 saturated carbocycles. The van der Waals surface area contributed by atoms with E-state index in [1.807, 2.05) is 30.3 Å². The molecule has 0 saturated heterocycles. The number of carbonyl (C=O) groups is 1. The van der Waals surface area contributed by atoms with E-state index in [-0.39, 0.29) is 5.56 Å². The van der Waals surface area contributed by atoms with Gasteiger partial charge in [-0.05, 0) is 50.2 Å².